The number of carboxylic acids is 1. The quantitative estimate of drug-likeness (QED) is 0.891. The number of nitrogens with zero attached hydrogens (tertiary/aromatic N) is 1. The van der Waals surface area contributed by atoms with Crippen LogP contribution in [-0.4, -0.2) is 29.1 Å². The molecular weight excluding hydrogens is 274 g/mol. The molecule has 1 N–H and O–H groups in total. The maximum atomic E-state index is 10.9. The fourth-order valence-electron chi connectivity index (χ4n) is 3.04. The van der Waals surface area contributed by atoms with Crippen molar-refractivity contribution in [1.82, 2.24) is 4.90 Å². The molecule has 0 aromatic heterocycles. The summed E-state index contributed by atoms with van der Waals surface area (Å²) in [6.45, 7) is 7.54. The van der Waals surface area contributed by atoms with E-state index in [0.717, 1.165) is 25.2 Å². The van der Waals surface area contributed by atoms with Gasteiger partial charge in [-0.25, -0.2) is 4.79 Å². The molecule has 0 radical (unpaired) electrons. The number of carbonyl (C=O) groups is 1. The lowest BCUT2D eigenvalue weighted by atomic mass is 9.82. The van der Waals surface area contributed by atoms with Crippen LogP contribution in [0.2, 0.25) is 5.02 Å². The Balaban J connectivity index is 2.06. The van der Waals surface area contributed by atoms with Crippen LogP contribution in [0.5, 0.6) is 0 Å². The molecule has 2 rings (SSSR count). The summed E-state index contributed by atoms with van der Waals surface area (Å²) < 4.78 is 0. The lowest BCUT2D eigenvalue weighted by molar-refractivity contribution is 0.0697. The number of carboxylic acid groups (broad SMARTS) is 1. The van der Waals surface area contributed by atoms with Gasteiger partial charge in [0.15, 0.2) is 0 Å². The first kappa shape index (κ1) is 15.3. The molecule has 20 heavy (non-hydrogen) atoms. The molecule has 1 aromatic rings. The number of hydrogen-bond acceptors (Lipinski definition) is 2. The Morgan fingerprint density at radius 1 is 1.40 bits per heavy atom. The predicted octanol–water partition coefficient (Wildman–Crippen LogP) is 4.05. The van der Waals surface area contributed by atoms with Crippen LogP contribution >= 0.6 is 11.6 Å². The second-order valence-corrected chi connectivity index (χ2v) is 6.19. The summed E-state index contributed by atoms with van der Waals surface area (Å²) in [4.78, 5) is 13.3. The van der Waals surface area contributed by atoms with Gasteiger partial charge >= 0.3 is 5.97 Å². The monoisotopic (exact) mass is 295 g/mol. The van der Waals surface area contributed by atoms with Crippen molar-refractivity contribution in [3.63, 3.8) is 0 Å². The van der Waals surface area contributed by atoms with Crippen molar-refractivity contribution < 1.29 is 9.90 Å². The topological polar surface area (TPSA) is 40.5 Å². The third kappa shape index (κ3) is 3.15. The normalized spacial score (nSPS) is 18.4. The van der Waals surface area contributed by atoms with Crippen molar-refractivity contribution in [2.24, 2.45) is 5.41 Å². The summed E-state index contributed by atoms with van der Waals surface area (Å²) in [5, 5.41) is 9.50. The van der Waals surface area contributed by atoms with Gasteiger partial charge in [0.25, 0.3) is 0 Å². The zero-order chi connectivity index (χ0) is 14.8. The zero-order valence-corrected chi connectivity index (χ0v) is 12.9. The van der Waals surface area contributed by atoms with E-state index >= 15 is 0 Å². The van der Waals surface area contributed by atoms with Crippen molar-refractivity contribution in [3.8, 4) is 0 Å². The molecule has 1 fully saturated rings. The van der Waals surface area contributed by atoms with Gasteiger partial charge in [-0.05, 0) is 48.9 Å². The third-order valence-electron chi connectivity index (χ3n) is 4.71. The van der Waals surface area contributed by atoms with Gasteiger partial charge in [0.05, 0.1) is 5.56 Å². The number of aromatic carboxylic acids is 1. The minimum atomic E-state index is -0.935. The van der Waals surface area contributed by atoms with Gasteiger partial charge < -0.3 is 5.11 Å². The second-order valence-electron chi connectivity index (χ2n) is 5.78. The molecule has 1 heterocycles. The van der Waals surface area contributed by atoms with E-state index in [1.165, 1.54) is 19.3 Å². The predicted molar refractivity (Wildman–Crippen MR) is 81.3 cm³/mol. The van der Waals surface area contributed by atoms with E-state index in [1.54, 1.807) is 12.1 Å². The van der Waals surface area contributed by atoms with E-state index in [0.29, 0.717) is 10.4 Å². The largest absolute Gasteiger partial charge is 0.478 e. The van der Waals surface area contributed by atoms with Crippen LogP contribution in [0.25, 0.3) is 0 Å². The van der Waals surface area contributed by atoms with Gasteiger partial charge in [0.2, 0.25) is 0 Å². The molecule has 0 spiro atoms. The molecule has 0 atom stereocenters. The molecule has 0 bridgehead atoms. The Bertz CT molecular complexity index is 497. The van der Waals surface area contributed by atoms with Crippen molar-refractivity contribution in [1.29, 1.82) is 0 Å². The van der Waals surface area contributed by atoms with Crippen LogP contribution in [0.1, 0.15) is 49.0 Å². The Morgan fingerprint density at radius 2 is 2.10 bits per heavy atom. The van der Waals surface area contributed by atoms with Crippen molar-refractivity contribution in [2.45, 2.75) is 39.7 Å². The fourth-order valence-corrected chi connectivity index (χ4v) is 3.28. The number of rotatable bonds is 5. The first-order chi connectivity index (χ1) is 9.49. The van der Waals surface area contributed by atoms with E-state index in [9.17, 15) is 4.79 Å². The molecule has 1 aliphatic rings. The molecule has 0 unspecified atom stereocenters. The number of likely N-dealkylation sites (tertiary alicyclic amines) is 1. The zero-order valence-electron chi connectivity index (χ0n) is 12.2. The van der Waals surface area contributed by atoms with E-state index < -0.39 is 5.97 Å². The van der Waals surface area contributed by atoms with Gasteiger partial charge in [0, 0.05) is 18.1 Å². The molecule has 0 aliphatic carbocycles. The van der Waals surface area contributed by atoms with Crippen LogP contribution in [0.3, 0.4) is 0 Å². The standard InChI is InChI=1S/C16H22ClNO2/c1-3-16(4-2)7-8-18(11-16)10-13-6-5-12(15(19)20)9-14(13)17/h5-6,9H,3-4,7-8,10-11H2,1-2H3,(H,19,20). The third-order valence-corrected chi connectivity index (χ3v) is 5.06. The highest BCUT2D eigenvalue weighted by atomic mass is 35.5. The number of benzene rings is 1. The minimum Gasteiger partial charge on any atom is -0.478 e. The van der Waals surface area contributed by atoms with Gasteiger partial charge in [-0.2, -0.15) is 0 Å². The van der Waals surface area contributed by atoms with Crippen molar-refractivity contribution >= 4 is 17.6 Å². The molecule has 1 aliphatic heterocycles. The Labute approximate surface area is 125 Å². The average molecular weight is 296 g/mol. The van der Waals surface area contributed by atoms with E-state index in [1.807, 2.05) is 6.07 Å². The van der Waals surface area contributed by atoms with Crippen LogP contribution < -0.4 is 0 Å². The van der Waals surface area contributed by atoms with Crippen molar-refractivity contribution in [2.75, 3.05) is 13.1 Å². The smallest absolute Gasteiger partial charge is 0.335 e. The SMILES string of the molecule is CCC1(CC)CCN(Cc2ccc(C(=O)O)cc2Cl)C1. The van der Waals surface area contributed by atoms with Gasteiger partial charge in [-0.1, -0.05) is 31.5 Å². The molecule has 4 heteroatoms. The highest BCUT2D eigenvalue weighted by Gasteiger charge is 2.34. The van der Waals surface area contributed by atoms with Gasteiger partial charge in [-0.3, -0.25) is 4.90 Å². The maximum Gasteiger partial charge on any atom is 0.335 e. The van der Waals surface area contributed by atoms with Crippen LogP contribution in [0, 0.1) is 5.41 Å². The van der Waals surface area contributed by atoms with Crippen LogP contribution in [0.4, 0.5) is 0 Å². The molecule has 1 aromatic carbocycles. The lowest BCUT2D eigenvalue weighted by Gasteiger charge is -2.26. The highest BCUT2D eigenvalue weighted by Crippen LogP contribution is 2.37. The summed E-state index contributed by atoms with van der Waals surface area (Å²) in [7, 11) is 0. The number of halogens is 1. The average Bonchev–Trinajstić information content (AvgIpc) is 2.85. The second kappa shape index (κ2) is 6.15. The Kier molecular flexibility index (Phi) is 4.71. The molecule has 1 saturated heterocycles. The summed E-state index contributed by atoms with van der Waals surface area (Å²) in [6, 6.07) is 5.01. The Hall–Kier alpha value is -1.06. The lowest BCUT2D eigenvalue weighted by Crippen LogP contribution is -2.26. The summed E-state index contributed by atoms with van der Waals surface area (Å²) in [6.07, 6.45) is 3.67. The molecular formula is C16H22ClNO2. The van der Waals surface area contributed by atoms with E-state index in [2.05, 4.69) is 18.7 Å². The molecule has 0 saturated carbocycles. The van der Waals surface area contributed by atoms with Crippen LogP contribution in [-0.2, 0) is 6.54 Å². The van der Waals surface area contributed by atoms with Gasteiger partial charge in [-0.15, -0.1) is 0 Å². The highest BCUT2D eigenvalue weighted by molar-refractivity contribution is 6.31. The molecule has 110 valence electrons. The van der Waals surface area contributed by atoms with Crippen molar-refractivity contribution in [3.05, 3.63) is 34.3 Å². The summed E-state index contributed by atoms with van der Waals surface area (Å²) >= 11 is 6.20. The number of hydrogen-bond donors (Lipinski definition) is 1. The molecule has 0 amide bonds. The molecule has 3 nitrogen and oxygen atoms in total. The van der Waals surface area contributed by atoms with E-state index in [4.69, 9.17) is 16.7 Å². The Morgan fingerprint density at radius 3 is 2.60 bits per heavy atom. The minimum absolute atomic E-state index is 0.247. The maximum absolute atomic E-state index is 10.9. The van der Waals surface area contributed by atoms with Crippen LogP contribution in [0.15, 0.2) is 18.2 Å². The summed E-state index contributed by atoms with van der Waals surface area (Å²) in [5.74, 6) is -0.935. The first-order valence-electron chi connectivity index (χ1n) is 7.24. The van der Waals surface area contributed by atoms with E-state index in [-0.39, 0.29) is 5.56 Å². The summed E-state index contributed by atoms with van der Waals surface area (Å²) in [5.41, 5.74) is 1.71. The first-order valence-corrected chi connectivity index (χ1v) is 7.61. The fraction of sp³-hybridized carbons (Fsp3) is 0.562. The van der Waals surface area contributed by atoms with Gasteiger partial charge in [0.1, 0.15) is 0 Å².